The van der Waals surface area contributed by atoms with Gasteiger partial charge in [0.25, 0.3) is 0 Å². The largest absolute Gasteiger partial charge is 0.456 e. The van der Waals surface area contributed by atoms with Crippen LogP contribution < -0.4 is 4.90 Å². The fourth-order valence-corrected chi connectivity index (χ4v) is 8.34. The highest BCUT2D eigenvalue weighted by atomic mass is 16.3. The lowest BCUT2D eigenvalue weighted by Crippen LogP contribution is -2.14. The topological polar surface area (TPSA) is 16.4 Å². The van der Waals surface area contributed by atoms with Gasteiger partial charge in [0.05, 0.1) is 5.69 Å². The molecule has 242 valence electrons. The van der Waals surface area contributed by atoms with E-state index in [1.54, 1.807) is 0 Å². The molecule has 0 saturated heterocycles. The van der Waals surface area contributed by atoms with Crippen LogP contribution in [0.5, 0.6) is 0 Å². The summed E-state index contributed by atoms with van der Waals surface area (Å²) in [5, 5.41) is 4.69. The van der Waals surface area contributed by atoms with Crippen LogP contribution in [0.1, 0.15) is 25.0 Å². The van der Waals surface area contributed by atoms with E-state index in [9.17, 15) is 0 Å². The summed E-state index contributed by atoms with van der Waals surface area (Å²) in [5.74, 6) is 0. The quantitative estimate of drug-likeness (QED) is 0.184. The molecule has 0 bridgehead atoms. The van der Waals surface area contributed by atoms with Crippen molar-refractivity contribution in [2.24, 2.45) is 0 Å². The van der Waals surface area contributed by atoms with Crippen molar-refractivity contribution in [2.45, 2.75) is 19.3 Å². The monoisotopic (exact) mass is 653 g/mol. The number of hydrogen-bond donors (Lipinski definition) is 0. The van der Waals surface area contributed by atoms with Crippen LogP contribution in [-0.2, 0) is 5.41 Å². The molecule has 2 nitrogen and oxygen atoms in total. The summed E-state index contributed by atoms with van der Waals surface area (Å²) >= 11 is 0. The molecule has 10 rings (SSSR count). The minimum atomic E-state index is -0.0430. The zero-order chi connectivity index (χ0) is 34.1. The van der Waals surface area contributed by atoms with Crippen molar-refractivity contribution in [3.8, 4) is 33.4 Å². The van der Waals surface area contributed by atoms with Gasteiger partial charge in [-0.15, -0.1) is 0 Å². The lowest BCUT2D eigenvalue weighted by atomic mass is 9.82. The normalized spacial score (nSPS) is 13.1. The molecule has 0 spiro atoms. The standard InChI is InChI=1S/C49H35NO/c1-49(2)44-21-11-8-18-39(44)42-29-34-28-35(25-24-33(34)30-45(42)49)50(36-26-27-48-43(31-36)41-20-10-13-23-47(41)51-48)46-22-12-9-19-40(46)38-17-7-6-16-37(38)32-14-4-3-5-15-32/h3-31H,1-2H3. The third-order valence-corrected chi connectivity index (χ3v) is 10.8. The molecule has 1 aliphatic carbocycles. The van der Waals surface area contributed by atoms with Crippen LogP contribution in [-0.4, -0.2) is 0 Å². The number of rotatable bonds is 5. The number of para-hydroxylation sites is 2. The van der Waals surface area contributed by atoms with Crippen molar-refractivity contribution in [1.82, 2.24) is 0 Å². The molecule has 0 atom stereocenters. The predicted molar refractivity (Wildman–Crippen MR) is 214 cm³/mol. The molecule has 9 aromatic rings. The van der Waals surface area contributed by atoms with Crippen LogP contribution in [0.25, 0.3) is 66.1 Å². The molecule has 51 heavy (non-hydrogen) atoms. The van der Waals surface area contributed by atoms with Crippen LogP contribution in [0.4, 0.5) is 17.1 Å². The van der Waals surface area contributed by atoms with Crippen molar-refractivity contribution in [3.63, 3.8) is 0 Å². The first-order valence-corrected chi connectivity index (χ1v) is 17.7. The number of nitrogens with zero attached hydrogens (tertiary/aromatic N) is 1. The Hall–Kier alpha value is -6.38. The van der Waals surface area contributed by atoms with E-state index in [0.29, 0.717) is 0 Å². The molecular weight excluding hydrogens is 619 g/mol. The number of furan rings is 1. The third-order valence-electron chi connectivity index (χ3n) is 10.8. The molecule has 0 saturated carbocycles. The Morgan fingerprint density at radius 1 is 0.412 bits per heavy atom. The number of hydrogen-bond acceptors (Lipinski definition) is 2. The van der Waals surface area contributed by atoms with E-state index in [4.69, 9.17) is 4.42 Å². The van der Waals surface area contributed by atoms with Gasteiger partial charge in [-0.05, 0) is 104 Å². The Morgan fingerprint density at radius 3 is 1.92 bits per heavy atom. The van der Waals surface area contributed by atoms with Crippen LogP contribution >= 0.6 is 0 Å². The Morgan fingerprint density at radius 2 is 1.06 bits per heavy atom. The molecule has 8 aromatic carbocycles. The van der Waals surface area contributed by atoms with Crippen LogP contribution in [0.2, 0.25) is 0 Å². The molecule has 0 unspecified atom stereocenters. The van der Waals surface area contributed by atoms with Crippen LogP contribution in [0, 0.1) is 0 Å². The number of anilines is 3. The van der Waals surface area contributed by atoms with Crippen LogP contribution in [0.15, 0.2) is 180 Å². The first-order valence-electron chi connectivity index (χ1n) is 17.7. The van der Waals surface area contributed by atoms with E-state index >= 15 is 0 Å². The van der Waals surface area contributed by atoms with Gasteiger partial charge in [0.2, 0.25) is 0 Å². The summed E-state index contributed by atoms with van der Waals surface area (Å²) in [7, 11) is 0. The Labute approximate surface area is 297 Å². The first kappa shape index (κ1) is 29.5. The number of benzene rings is 8. The molecule has 0 aliphatic heterocycles. The van der Waals surface area contributed by atoms with Gasteiger partial charge in [-0.1, -0.05) is 135 Å². The zero-order valence-electron chi connectivity index (χ0n) is 28.6. The van der Waals surface area contributed by atoms with E-state index < -0.39 is 0 Å². The van der Waals surface area contributed by atoms with Crippen LogP contribution in [0.3, 0.4) is 0 Å². The summed E-state index contributed by atoms with van der Waals surface area (Å²) in [5.41, 5.74) is 15.2. The lowest BCUT2D eigenvalue weighted by molar-refractivity contribution is 0.661. The summed E-state index contributed by atoms with van der Waals surface area (Å²) in [6.45, 7) is 4.69. The van der Waals surface area contributed by atoms with Crippen molar-refractivity contribution < 1.29 is 4.42 Å². The van der Waals surface area contributed by atoms with Crippen molar-refractivity contribution >= 4 is 49.8 Å². The molecule has 1 aromatic heterocycles. The average Bonchev–Trinajstić information content (AvgIpc) is 3.66. The van der Waals surface area contributed by atoms with E-state index in [1.165, 1.54) is 55.3 Å². The van der Waals surface area contributed by atoms with E-state index in [0.717, 1.165) is 39.0 Å². The maximum absolute atomic E-state index is 6.28. The summed E-state index contributed by atoms with van der Waals surface area (Å²) < 4.78 is 6.28. The third kappa shape index (κ3) is 4.64. The van der Waals surface area contributed by atoms with Gasteiger partial charge < -0.3 is 9.32 Å². The smallest absolute Gasteiger partial charge is 0.135 e. The second-order valence-electron chi connectivity index (χ2n) is 14.1. The Balaban J connectivity index is 1.22. The first-order chi connectivity index (χ1) is 25.0. The molecule has 0 amide bonds. The molecule has 2 heteroatoms. The molecule has 0 N–H and O–H groups in total. The highest BCUT2D eigenvalue weighted by Crippen LogP contribution is 2.51. The Kier molecular flexibility index (Phi) is 6.56. The summed E-state index contributed by atoms with van der Waals surface area (Å²) in [6, 6.07) is 63.8. The summed E-state index contributed by atoms with van der Waals surface area (Å²) in [6.07, 6.45) is 0. The minimum absolute atomic E-state index is 0.0430. The maximum Gasteiger partial charge on any atom is 0.135 e. The van der Waals surface area contributed by atoms with Gasteiger partial charge in [0.15, 0.2) is 0 Å². The fourth-order valence-electron chi connectivity index (χ4n) is 8.34. The minimum Gasteiger partial charge on any atom is -0.456 e. The van der Waals surface area contributed by atoms with Crippen molar-refractivity contribution in [3.05, 3.63) is 187 Å². The van der Waals surface area contributed by atoms with Gasteiger partial charge >= 0.3 is 0 Å². The van der Waals surface area contributed by atoms with E-state index in [2.05, 4.69) is 183 Å². The van der Waals surface area contributed by atoms with Crippen molar-refractivity contribution in [1.29, 1.82) is 0 Å². The molecular formula is C49H35NO. The van der Waals surface area contributed by atoms with Gasteiger partial charge in [0.1, 0.15) is 11.2 Å². The SMILES string of the molecule is CC1(C)c2ccccc2-c2cc3cc(N(c4ccc5oc6ccccc6c5c4)c4ccccc4-c4ccccc4-c4ccccc4)ccc3cc21. The van der Waals surface area contributed by atoms with Gasteiger partial charge in [0, 0.05) is 33.1 Å². The molecule has 0 radical (unpaired) electrons. The van der Waals surface area contributed by atoms with E-state index in [1.807, 2.05) is 12.1 Å². The molecule has 1 aliphatic rings. The fraction of sp³-hybridized carbons (Fsp3) is 0.0612. The maximum atomic E-state index is 6.28. The zero-order valence-corrected chi connectivity index (χ0v) is 28.6. The Bertz CT molecular complexity index is 2790. The second-order valence-corrected chi connectivity index (χ2v) is 14.1. The van der Waals surface area contributed by atoms with Gasteiger partial charge in [-0.3, -0.25) is 0 Å². The molecule has 1 heterocycles. The predicted octanol–water partition coefficient (Wildman–Crippen LogP) is 13.8. The second kappa shape index (κ2) is 11.3. The number of fused-ring (bicyclic) bond motifs is 7. The van der Waals surface area contributed by atoms with Gasteiger partial charge in [-0.25, -0.2) is 0 Å². The van der Waals surface area contributed by atoms with Crippen molar-refractivity contribution in [2.75, 3.05) is 4.90 Å². The average molecular weight is 654 g/mol. The van der Waals surface area contributed by atoms with E-state index in [-0.39, 0.29) is 5.41 Å². The molecule has 0 fully saturated rings. The lowest BCUT2D eigenvalue weighted by Gasteiger charge is -2.29. The highest BCUT2D eigenvalue weighted by Gasteiger charge is 2.35. The highest BCUT2D eigenvalue weighted by molar-refractivity contribution is 6.07. The summed E-state index contributed by atoms with van der Waals surface area (Å²) in [4.78, 5) is 2.42. The van der Waals surface area contributed by atoms with Gasteiger partial charge in [-0.2, -0.15) is 0 Å².